The molecule has 1 aromatic heterocycles. The van der Waals surface area contributed by atoms with Crippen molar-refractivity contribution in [2.24, 2.45) is 0 Å². The molecule has 0 unspecified atom stereocenters. The molecular formula is C21H22N4O3. The number of benzene rings is 2. The summed E-state index contributed by atoms with van der Waals surface area (Å²) in [6.45, 7) is 2.68. The molecule has 144 valence electrons. The number of hydrogen-bond donors (Lipinski definition) is 2. The van der Waals surface area contributed by atoms with Gasteiger partial charge in [-0.05, 0) is 36.8 Å². The monoisotopic (exact) mass is 378 g/mol. The maximum atomic E-state index is 12.4. The number of nitrogens with zero attached hydrogens (tertiary/aromatic N) is 2. The van der Waals surface area contributed by atoms with Crippen LogP contribution in [0.3, 0.4) is 0 Å². The maximum Gasteiger partial charge on any atom is 0.276 e. The van der Waals surface area contributed by atoms with Gasteiger partial charge < -0.3 is 20.1 Å². The second-order valence-electron chi connectivity index (χ2n) is 6.17. The zero-order valence-corrected chi connectivity index (χ0v) is 16.0. The van der Waals surface area contributed by atoms with E-state index in [2.05, 4.69) is 39.9 Å². The van der Waals surface area contributed by atoms with Gasteiger partial charge in [-0.15, -0.1) is 10.2 Å². The second-order valence-corrected chi connectivity index (χ2v) is 6.17. The molecule has 2 aromatic carbocycles. The van der Waals surface area contributed by atoms with E-state index in [1.54, 1.807) is 37.4 Å². The van der Waals surface area contributed by atoms with Crippen molar-refractivity contribution in [1.29, 1.82) is 0 Å². The second kappa shape index (κ2) is 8.85. The number of nitrogens with one attached hydrogen (secondary N) is 2. The molecule has 0 bridgehead atoms. The van der Waals surface area contributed by atoms with E-state index < -0.39 is 0 Å². The third kappa shape index (κ3) is 4.76. The van der Waals surface area contributed by atoms with Crippen LogP contribution >= 0.6 is 0 Å². The number of amides is 1. The van der Waals surface area contributed by atoms with E-state index in [0.717, 1.165) is 5.56 Å². The summed E-state index contributed by atoms with van der Waals surface area (Å²) in [5.74, 6) is 1.36. The first kappa shape index (κ1) is 19.2. The van der Waals surface area contributed by atoms with E-state index in [4.69, 9.17) is 9.47 Å². The Hall–Kier alpha value is -3.61. The largest absolute Gasteiger partial charge is 0.497 e. The topological polar surface area (TPSA) is 85.4 Å². The van der Waals surface area contributed by atoms with Gasteiger partial charge in [0.25, 0.3) is 5.91 Å². The van der Waals surface area contributed by atoms with Crippen molar-refractivity contribution in [1.82, 2.24) is 10.2 Å². The summed E-state index contributed by atoms with van der Waals surface area (Å²) in [5.41, 5.74) is 3.08. The summed E-state index contributed by atoms with van der Waals surface area (Å²) >= 11 is 0. The van der Waals surface area contributed by atoms with Gasteiger partial charge in [-0.2, -0.15) is 0 Å². The van der Waals surface area contributed by atoms with Crippen LogP contribution in [0.4, 0.5) is 11.5 Å². The molecule has 0 aliphatic carbocycles. The molecule has 0 saturated carbocycles. The van der Waals surface area contributed by atoms with Gasteiger partial charge in [0.1, 0.15) is 17.3 Å². The molecule has 2 N–H and O–H groups in total. The van der Waals surface area contributed by atoms with Crippen LogP contribution in [0.1, 0.15) is 21.6 Å². The lowest BCUT2D eigenvalue weighted by atomic mass is 10.1. The predicted octanol–water partition coefficient (Wildman–Crippen LogP) is 3.67. The highest BCUT2D eigenvalue weighted by Crippen LogP contribution is 2.29. The molecule has 0 fully saturated rings. The molecule has 7 heteroatoms. The Bertz CT molecular complexity index is 958. The van der Waals surface area contributed by atoms with Gasteiger partial charge in [0.2, 0.25) is 0 Å². The number of aryl methyl sites for hydroxylation is 1. The number of rotatable bonds is 7. The number of carbonyl (C=O) groups is 1. The summed E-state index contributed by atoms with van der Waals surface area (Å²) in [7, 11) is 3.09. The zero-order chi connectivity index (χ0) is 19.9. The quantitative estimate of drug-likeness (QED) is 0.653. The van der Waals surface area contributed by atoms with Crippen LogP contribution < -0.4 is 20.1 Å². The summed E-state index contributed by atoms with van der Waals surface area (Å²) in [4.78, 5) is 12.4. The molecular weight excluding hydrogens is 356 g/mol. The average molecular weight is 378 g/mol. The molecule has 1 amide bonds. The van der Waals surface area contributed by atoms with Crippen molar-refractivity contribution < 1.29 is 14.3 Å². The van der Waals surface area contributed by atoms with Crippen LogP contribution in [0.2, 0.25) is 0 Å². The minimum absolute atomic E-state index is 0.207. The number of carbonyl (C=O) groups excluding carboxylic acids is 1. The summed E-state index contributed by atoms with van der Waals surface area (Å²) in [6.07, 6.45) is 0. The van der Waals surface area contributed by atoms with E-state index in [-0.39, 0.29) is 11.6 Å². The van der Waals surface area contributed by atoms with E-state index in [1.807, 2.05) is 12.1 Å². The maximum absolute atomic E-state index is 12.4. The van der Waals surface area contributed by atoms with Gasteiger partial charge in [0.15, 0.2) is 5.69 Å². The third-order valence-electron chi connectivity index (χ3n) is 4.11. The van der Waals surface area contributed by atoms with Gasteiger partial charge in [-0.25, -0.2) is 0 Å². The number of aromatic nitrogens is 2. The van der Waals surface area contributed by atoms with Crippen LogP contribution in [0.25, 0.3) is 0 Å². The lowest BCUT2D eigenvalue weighted by molar-refractivity contribution is 0.102. The third-order valence-corrected chi connectivity index (χ3v) is 4.11. The lowest BCUT2D eigenvalue weighted by Crippen LogP contribution is -2.15. The molecule has 0 atom stereocenters. The minimum Gasteiger partial charge on any atom is -0.497 e. The Morgan fingerprint density at radius 3 is 2.54 bits per heavy atom. The first-order valence-corrected chi connectivity index (χ1v) is 8.75. The number of anilines is 2. The molecule has 0 aliphatic heterocycles. The number of ether oxygens (including phenoxy) is 2. The molecule has 3 aromatic rings. The molecule has 0 spiro atoms. The van der Waals surface area contributed by atoms with Gasteiger partial charge in [0.05, 0.1) is 19.9 Å². The average Bonchev–Trinajstić information content (AvgIpc) is 2.73. The van der Waals surface area contributed by atoms with Crippen molar-refractivity contribution in [2.45, 2.75) is 13.5 Å². The lowest BCUT2D eigenvalue weighted by Gasteiger charge is -2.11. The molecule has 7 nitrogen and oxygen atoms in total. The Morgan fingerprint density at radius 2 is 1.86 bits per heavy atom. The first-order chi connectivity index (χ1) is 13.6. The molecule has 0 radical (unpaired) electrons. The fourth-order valence-electron chi connectivity index (χ4n) is 2.65. The molecule has 3 rings (SSSR count). The van der Waals surface area contributed by atoms with Crippen molar-refractivity contribution in [3.63, 3.8) is 0 Å². The fourth-order valence-corrected chi connectivity index (χ4v) is 2.65. The molecule has 0 saturated heterocycles. The SMILES string of the molecule is COc1ccc(NC(=O)c2ccc(NCc3cccc(C)c3)nn2)c(OC)c1. The van der Waals surface area contributed by atoms with Crippen LogP contribution in [0.5, 0.6) is 11.5 Å². The van der Waals surface area contributed by atoms with Crippen LogP contribution in [-0.4, -0.2) is 30.3 Å². The van der Waals surface area contributed by atoms with Crippen LogP contribution in [0.15, 0.2) is 54.6 Å². The number of hydrogen-bond acceptors (Lipinski definition) is 6. The standard InChI is InChI=1S/C21H22N4O3/c1-14-5-4-6-15(11-14)13-22-20-10-9-18(24-25-20)21(26)23-17-8-7-16(27-2)12-19(17)28-3/h4-12H,13H2,1-3H3,(H,22,25)(H,23,26). The van der Waals surface area contributed by atoms with Crippen molar-refractivity contribution in [3.8, 4) is 11.5 Å². The highest BCUT2D eigenvalue weighted by atomic mass is 16.5. The Balaban J connectivity index is 1.63. The minimum atomic E-state index is -0.374. The van der Waals surface area contributed by atoms with Gasteiger partial charge >= 0.3 is 0 Å². The van der Waals surface area contributed by atoms with Gasteiger partial charge in [-0.1, -0.05) is 29.8 Å². The number of methoxy groups -OCH3 is 2. The highest BCUT2D eigenvalue weighted by Gasteiger charge is 2.12. The Kier molecular flexibility index (Phi) is 6.06. The van der Waals surface area contributed by atoms with Crippen LogP contribution in [-0.2, 0) is 6.54 Å². The van der Waals surface area contributed by atoms with Crippen LogP contribution in [0, 0.1) is 6.92 Å². The zero-order valence-electron chi connectivity index (χ0n) is 16.0. The van der Waals surface area contributed by atoms with Gasteiger partial charge in [-0.3, -0.25) is 4.79 Å². The predicted molar refractivity (Wildman–Crippen MR) is 108 cm³/mol. The van der Waals surface area contributed by atoms with Gasteiger partial charge in [0, 0.05) is 12.6 Å². The Morgan fingerprint density at radius 1 is 1.00 bits per heavy atom. The first-order valence-electron chi connectivity index (χ1n) is 8.75. The summed E-state index contributed by atoms with van der Waals surface area (Å²) in [6, 6.07) is 16.7. The summed E-state index contributed by atoms with van der Waals surface area (Å²) < 4.78 is 10.4. The van der Waals surface area contributed by atoms with E-state index in [0.29, 0.717) is 29.5 Å². The summed E-state index contributed by atoms with van der Waals surface area (Å²) in [5, 5.41) is 14.0. The molecule has 1 heterocycles. The highest BCUT2D eigenvalue weighted by molar-refractivity contribution is 6.03. The van der Waals surface area contributed by atoms with Crippen molar-refractivity contribution in [2.75, 3.05) is 24.9 Å². The van der Waals surface area contributed by atoms with Crippen molar-refractivity contribution >= 4 is 17.4 Å². The normalized spacial score (nSPS) is 10.2. The van der Waals surface area contributed by atoms with E-state index in [9.17, 15) is 4.79 Å². The fraction of sp³-hybridized carbons (Fsp3) is 0.190. The van der Waals surface area contributed by atoms with E-state index in [1.165, 1.54) is 12.7 Å². The smallest absolute Gasteiger partial charge is 0.276 e. The molecule has 0 aliphatic rings. The Labute approximate surface area is 163 Å². The van der Waals surface area contributed by atoms with E-state index >= 15 is 0 Å². The molecule has 28 heavy (non-hydrogen) atoms. The van der Waals surface area contributed by atoms with Crippen molar-refractivity contribution in [3.05, 3.63) is 71.4 Å².